The van der Waals surface area contributed by atoms with E-state index >= 15 is 0 Å². The van der Waals surface area contributed by atoms with E-state index in [4.69, 9.17) is 15.9 Å². The average molecular weight is 470 g/mol. The molecule has 3 aromatic rings. The fourth-order valence-electron chi connectivity index (χ4n) is 3.58. The number of nitrogens with one attached hydrogen (secondary N) is 3. The van der Waals surface area contributed by atoms with E-state index in [0.717, 1.165) is 18.0 Å². The number of hydrogen-bond donors (Lipinski definition) is 4. The van der Waals surface area contributed by atoms with Crippen molar-refractivity contribution in [2.75, 3.05) is 36.2 Å². The molecule has 0 saturated carbocycles. The Morgan fingerprint density at radius 1 is 1.39 bits per heavy atom. The van der Waals surface area contributed by atoms with E-state index in [1.54, 1.807) is 36.3 Å². The van der Waals surface area contributed by atoms with Crippen molar-refractivity contribution in [2.24, 2.45) is 0 Å². The van der Waals surface area contributed by atoms with Crippen LogP contribution in [0.2, 0.25) is 0 Å². The Bertz CT molecular complexity index is 1210. The van der Waals surface area contributed by atoms with Gasteiger partial charge in [-0.25, -0.2) is 18.3 Å². The molecule has 1 atom stereocenters. The van der Waals surface area contributed by atoms with Crippen molar-refractivity contribution in [3.63, 3.8) is 0 Å². The van der Waals surface area contributed by atoms with E-state index in [1.165, 1.54) is 0 Å². The number of benzene rings is 2. The van der Waals surface area contributed by atoms with Gasteiger partial charge in [-0.1, -0.05) is 12.1 Å². The third-order valence-electron chi connectivity index (χ3n) is 5.18. The number of rotatable bonds is 9. The highest BCUT2D eigenvalue weighted by Gasteiger charge is 2.21. The summed E-state index contributed by atoms with van der Waals surface area (Å²) < 4.78 is 35.1. The van der Waals surface area contributed by atoms with Crippen LogP contribution in [0.3, 0.4) is 0 Å². The minimum Gasteiger partial charge on any atom is -0.398 e. The van der Waals surface area contributed by atoms with Crippen LogP contribution in [0.25, 0.3) is 0 Å². The summed E-state index contributed by atoms with van der Waals surface area (Å²) in [5.41, 5.74) is 9.09. The zero-order chi connectivity index (χ0) is 23.4. The topological polar surface area (TPSA) is 129 Å². The van der Waals surface area contributed by atoms with E-state index in [0.29, 0.717) is 53.6 Å². The first-order chi connectivity index (χ1) is 16.0. The zero-order valence-corrected chi connectivity index (χ0v) is 18.8. The van der Waals surface area contributed by atoms with Crippen LogP contribution in [0.1, 0.15) is 17.5 Å². The van der Waals surface area contributed by atoms with Gasteiger partial charge in [0, 0.05) is 50.0 Å². The lowest BCUT2D eigenvalue weighted by molar-refractivity contribution is 0.196. The first kappa shape index (κ1) is 22.8. The number of hydrogen-bond acceptors (Lipinski definition) is 8. The third kappa shape index (κ3) is 4.85. The van der Waals surface area contributed by atoms with Crippen molar-refractivity contribution in [2.45, 2.75) is 17.9 Å². The summed E-state index contributed by atoms with van der Waals surface area (Å²) in [6.07, 6.45) is 2.83. The maximum Gasteiger partial charge on any atom is 0.229 e. The predicted molar refractivity (Wildman–Crippen MR) is 127 cm³/mol. The minimum absolute atomic E-state index is 0.0451. The molecule has 9 nitrogen and oxygen atoms in total. The van der Waals surface area contributed by atoms with E-state index in [2.05, 4.69) is 20.0 Å². The second kappa shape index (κ2) is 10.0. The molecule has 2 heterocycles. The van der Waals surface area contributed by atoms with Crippen LogP contribution >= 0.6 is 0 Å². The third-order valence-corrected chi connectivity index (χ3v) is 6.37. The van der Waals surface area contributed by atoms with Crippen molar-refractivity contribution < 1.29 is 13.3 Å². The van der Waals surface area contributed by atoms with Gasteiger partial charge < -0.3 is 26.1 Å². The second-order valence-electron chi connectivity index (χ2n) is 7.32. The van der Waals surface area contributed by atoms with Crippen LogP contribution in [-0.4, -0.2) is 40.7 Å². The van der Waals surface area contributed by atoms with Crippen molar-refractivity contribution in [1.82, 2.24) is 14.7 Å². The van der Waals surface area contributed by atoms with Gasteiger partial charge in [-0.3, -0.25) is 0 Å². The molecule has 0 saturated heterocycles. The molecule has 33 heavy (non-hydrogen) atoms. The highest BCUT2D eigenvalue weighted by Crippen LogP contribution is 2.32. The predicted octanol–water partition coefficient (Wildman–Crippen LogP) is 3.24. The number of anilines is 5. The average Bonchev–Trinajstić information content (AvgIpc) is 3.18. The highest BCUT2D eigenvalue weighted by atomic mass is 32.2. The van der Waals surface area contributed by atoms with Gasteiger partial charge in [0.1, 0.15) is 11.0 Å². The lowest BCUT2D eigenvalue weighted by Crippen LogP contribution is -2.24. The molecule has 1 aromatic heterocycles. The number of methoxy groups -OCH3 is 1. The van der Waals surface area contributed by atoms with Gasteiger partial charge >= 0.3 is 0 Å². The number of fused-ring (bicyclic) bond motifs is 1. The lowest BCUT2D eigenvalue weighted by Gasteiger charge is -2.26. The molecule has 1 unspecified atom stereocenters. The molecule has 0 amide bonds. The maximum atomic E-state index is 15.0. The normalized spacial score (nSPS) is 14.7. The quantitative estimate of drug-likeness (QED) is 0.215. The van der Waals surface area contributed by atoms with Gasteiger partial charge in [0.05, 0.1) is 16.8 Å². The van der Waals surface area contributed by atoms with Gasteiger partial charge in [-0.05, 0) is 36.2 Å². The Hall–Kier alpha value is -3.41. The Balaban J connectivity index is 1.70. The summed E-state index contributed by atoms with van der Waals surface area (Å²) >= 11 is 0. The molecule has 1 aliphatic heterocycles. The summed E-state index contributed by atoms with van der Waals surface area (Å²) in [5.74, 6) is -0.389. The molecule has 0 fully saturated rings. The number of ether oxygens (including phenoxy) is 1. The van der Waals surface area contributed by atoms with Crippen molar-refractivity contribution in [3.05, 3.63) is 59.5 Å². The minimum atomic E-state index is -1.26. The van der Waals surface area contributed by atoms with Crippen molar-refractivity contribution in [1.29, 1.82) is 5.41 Å². The number of halogens is 1. The van der Waals surface area contributed by atoms with Crippen LogP contribution in [0.4, 0.5) is 33.2 Å². The first-order valence-corrected chi connectivity index (χ1v) is 11.4. The van der Waals surface area contributed by atoms with E-state index in [-0.39, 0.29) is 11.8 Å². The Morgan fingerprint density at radius 3 is 3.03 bits per heavy atom. The van der Waals surface area contributed by atoms with Crippen LogP contribution in [0.15, 0.2) is 47.5 Å². The number of nitrogens with zero attached hydrogens (tertiary/aromatic N) is 3. The highest BCUT2D eigenvalue weighted by molar-refractivity contribution is 7.83. The summed E-state index contributed by atoms with van der Waals surface area (Å²) in [6.45, 7) is 1.40. The molecule has 172 valence electrons. The smallest absolute Gasteiger partial charge is 0.229 e. The Labute approximate surface area is 193 Å². The zero-order valence-electron chi connectivity index (χ0n) is 18.0. The largest absolute Gasteiger partial charge is 0.398 e. The molecule has 1 aliphatic rings. The van der Waals surface area contributed by atoms with Crippen LogP contribution in [0, 0.1) is 11.2 Å². The molecule has 0 radical (unpaired) electrons. The van der Waals surface area contributed by atoms with Crippen molar-refractivity contribution >= 4 is 46.0 Å². The van der Waals surface area contributed by atoms with Crippen LogP contribution < -0.4 is 20.7 Å². The molecule has 2 aromatic carbocycles. The Morgan fingerprint density at radius 2 is 2.24 bits per heavy atom. The lowest BCUT2D eigenvalue weighted by atomic mass is 10.1. The van der Waals surface area contributed by atoms with Crippen LogP contribution in [0.5, 0.6) is 0 Å². The van der Waals surface area contributed by atoms with Gasteiger partial charge in [0.25, 0.3) is 0 Å². The molecule has 0 spiro atoms. The maximum absolute atomic E-state index is 15.0. The molecule has 11 heteroatoms. The summed E-state index contributed by atoms with van der Waals surface area (Å²) in [5, 5.41) is 10.9. The SMILES string of the molecule is COCCCN(c1cccc(N)c1C=N)c1nc(Nc2ccc3c(c2)S(=O)NC3)ncc1F. The monoisotopic (exact) mass is 469 g/mol. The number of nitrogen functional groups attached to an aromatic ring is 1. The summed E-state index contributed by atoms with van der Waals surface area (Å²) in [7, 11) is 0.336. The van der Waals surface area contributed by atoms with Gasteiger partial charge in [0.2, 0.25) is 5.95 Å². The van der Waals surface area contributed by atoms with E-state index < -0.39 is 16.8 Å². The molecule has 4 rings (SSSR count). The van der Waals surface area contributed by atoms with Gasteiger partial charge in [0.15, 0.2) is 11.6 Å². The number of nitrogens with two attached hydrogens (primary N) is 1. The van der Waals surface area contributed by atoms with E-state index in [9.17, 15) is 8.60 Å². The molecular formula is C22H24FN7O2S. The van der Waals surface area contributed by atoms with Gasteiger partial charge in [-0.15, -0.1) is 0 Å². The van der Waals surface area contributed by atoms with E-state index in [1.807, 2.05) is 12.1 Å². The molecule has 0 aliphatic carbocycles. The molecular weight excluding hydrogens is 445 g/mol. The number of aromatic nitrogens is 2. The summed E-state index contributed by atoms with van der Waals surface area (Å²) in [6, 6.07) is 10.7. The first-order valence-electron chi connectivity index (χ1n) is 10.2. The molecule has 5 N–H and O–H groups in total. The van der Waals surface area contributed by atoms with Gasteiger partial charge in [-0.2, -0.15) is 4.98 Å². The van der Waals surface area contributed by atoms with Crippen molar-refractivity contribution in [3.8, 4) is 0 Å². The van der Waals surface area contributed by atoms with Crippen LogP contribution in [-0.2, 0) is 22.3 Å². The second-order valence-corrected chi connectivity index (χ2v) is 8.59. The standard InChI is InChI=1S/C22H24FN7O2S/c1-32-9-3-8-30(19-5-2-4-18(25)16(19)11-24)21-17(23)13-26-22(29-21)28-15-7-6-14-12-27-33(31)20(14)10-15/h2,4-7,10-11,13,24,27H,3,8-9,12,25H2,1H3,(H,26,28,29). The Kier molecular flexibility index (Phi) is 6.92. The fourth-order valence-corrected chi connectivity index (χ4v) is 4.63. The fraction of sp³-hybridized carbons (Fsp3) is 0.227. The molecule has 0 bridgehead atoms. The summed E-state index contributed by atoms with van der Waals surface area (Å²) in [4.78, 5) is 10.9.